The molecule has 0 aliphatic carbocycles. The molecule has 1 aromatic rings. The smallest absolute Gasteiger partial charge is 0.251 e. The minimum Gasteiger partial charge on any atom is -0.395 e. The number of aliphatic hydroxyl groups is 1. The van der Waals surface area contributed by atoms with Crippen LogP contribution in [0.4, 0.5) is 0 Å². The highest BCUT2D eigenvalue weighted by molar-refractivity contribution is 5.94. The third kappa shape index (κ3) is 9.96. The molecule has 1 rings (SSSR count). The number of rotatable bonds is 13. The maximum Gasteiger partial charge on any atom is 0.251 e. The fourth-order valence-electron chi connectivity index (χ4n) is 3.40. The third-order valence-corrected chi connectivity index (χ3v) is 5.07. The first-order chi connectivity index (χ1) is 12.4. The van der Waals surface area contributed by atoms with Gasteiger partial charge in [-0.3, -0.25) is 4.79 Å². The summed E-state index contributed by atoms with van der Waals surface area (Å²) < 4.78 is 0. The SMILES string of the molecule is CC(C)CCCC(C)CCCC(C)Cc1ccc(C(=O)NCCO)cc1. The van der Waals surface area contributed by atoms with E-state index in [1.807, 2.05) is 12.1 Å². The van der Waals surface area contributed by atoms with Gasteiger partial charge in [0.05, 0.1) is 6.61 Å². The molecule has 0 saturated carbocycles. The number of carbonyl (C=O) groups excluding carboxylic acids is 1. The van der Waals surface area contributed by atoms with Crippen LogP contribution in [0.1, 0.15) is 82.1 Å². The fourth-order valence-corrected chi connectivity index (χ4v) is 3.40. The first kappa shape index (κ1) is 22.7. The van der Waals surface area contributed by atoms with E-state index in [4.69, 9.17) is 5.11 Å². The van der Waals surface area contributed by atoms with Gasteiger partial charge in [-0.15, -0.1) is 0 Å². The van der Waals surface area contributed by atoms with Crippen molar-refractivity contribution in [1.82, 2.24) is 5.32 Å². The van der Waals surface area contributed by atoms with E-state index in [0.717, 1.165) is 18.3 Å². The Balaban J connectivity index is 2.26. The summed E-state index contributed by atoms with van der Waals surface area (Å²) in [6.45, 7) is 9.60. The van der Waals surface area contributed by atoms with Crippen molar-refractivity contribution in [2.45, 2.75) is 72.6 Å². The molecule has 2 unspecified atom stereocenters. The zero-order valence-corrected chi connectivity index (χ0v) is 17.3. The van der Waals surface area contributed by atoms with Gasteiger partial charge in [0, 0.05) is 12.1 Å². The molecule has 1 amide bonds. The van der Waals surface area contributed by atoms with Gasteiger partial charge >= 0.3 is 0 Å². The van der Waals surface area contributed by atoms with Gasteiger partial charge < -0.3 is 10.4 Å². The maximum atomic E-state index is 11.8. The van der Waals surface area contributed by atoms with Crippen molar-refractivity contribution in [2.75, 3.05) is 13.2 Å². The van der Waals surface area contributed by atoms with Crippen molar-refractivity contribution in [2.24, 2.45) is 17.8 Å². The number of hydrogen-bond acceptors (Lipinski definition) is 2. The average molecular weight is 362 g/mol. The zero-order valence-electron chi connectivity index (χ0n) is 17.3. The predicted octanol–water partition coefficient (Wildman–Crippen LogP) is 5.22. The quantitative estimate of drug-likeness (QED) is 0.506. The van der Waals surface area contributed by atoms with Crippen LogP contribution in [0, 0.1) is 17.8 Å². The van der Waals surface area contributed by atoms with Crippen LogP contribution in [0.15, 0.2) is 24.3 Å². The number of amides is 1. The van der Waals surface area contributed by atoms with E-state index < -0.39 is 0 Å². The van der Waals surface area contributed by atoms with Gasteiger partial charge in [0.2, 0.25) is 0 Å². The van der Waals surface area contributed by atoms with Crippen LogP contribution in [0.5, 0.6) is 0 Å². The first-order valence-electron chi connectivity index (χ1n) is 10.4. The lowest BCUT2D eigenvalue weighted by atomic mass is 9.91. The topological polar surface area (TPSA) is 49.3 Å². The second kappa shape index (κ2) is 12.9. The number of nitrogens with one attached hydrogen (secondary N) is 1. The molecule has 0 spiro atoms. The minimum absolute atomic E-state index is 0.0301. The van der Waals surface area contributed by atoms with Gasteiger partial charge in [-0.25, -0.2) is 0 Å². The molecule has 26 heavy (non-hydrogen) atoms. The van der Waals surface area contributed by atoms with E-state index in [-0.39, 0.29) is 12.5 Å². The molecule has 2 atom stereocenters. The Hall–Kier alpha value is -1.35. The van der Waals surface area contributed by atoms with E-state index in [1.54, 1.807) is 0 Å². The molecule has 3 nitrogen and oxygen atoms in total. The molecular weight excluding hydrogens is 322 g/mol. The first-order valence-corrected chi connectivity index (χ1v) is 10.4. The van der Waals surface area contributed by atoms with Crippen LogP contribution in [-0.4, -0.2) is 24.2 Å². The molecule has 0 fully saturated rings. The van der Waals surface area contributed by atoms with Crippen molar-refractivity contribution in [1.29, 1.82) is 0 Å². The van der Waals surface area contributed by atoms with Crippen molar-refractivity contribution in [3.63, 3.8) is 0 Å². The number of aliphatic hydroxyl groups excluding tert-OH is 1. The Bertz CT molecular complexity index is 495. The van der Waals surface area contributed by atoms with Crippen molar-refractivity contribution < 1.29 is 9.90 Å². The molecule has 1 aromatic carbocycles. The minimum atomic E-state index is -0.120. The summed E-state index contributed by atoms with van der Waals surface area (Å²) in [6.07, 6.45) is 9.08. The highest BCUT2D eigenvalue weighted by atomic mass is 16.3. The van der Waals surface area contributed by atoms with Crippen molar-refractivity contribution >= 4 is 5.91 Å². The highest BCUT2D eigenvalue weighted by Crippen LogP contribution is 2.21. The second-order valence-corrected chi connectivity index (χ2v) is 8.35. The van der Waals surface area contributed by atoms with Crippen LogP contribution < -0.4 is 5.32 Å². The van der Waals surface area contributed by atoms with Crippen LogP contribution in [0.25, 0.3) is 0 Å². The summed E-state index contributed by atoms with van der Waals surface area (Å²) in [6, 6.07) is 7.87. The Labute approximate surface area is 160 Å². The molecule has 0 radical (unpaired) electrons. The Morgan fingerprint density at radius 2 is 1.50 bits per heavy atom. The molecule has 0 heterocycles. The number of benzene rings is 1. The molecule has 0 aliphatic heterocycles. The summed E-state index contributed by atoms with van der Waals surface area (Å²) in [4.78, 5) is 11.8. The van der Waals surface area contributed by atoms with E-state index in [9.17, 15) is 4.79 Å². The number of hydrogen-bond donors (Lipinski definition) is 2. The fraction of sp³-hybridized carbons (Fsp3) is 0.696. The van der Waals surface area contributed by atoms with Gasteiger partial charge in [0.15, 0.2) is 0 Å². The molecule has 0 saturated heterocycles. The van der Waals surface area contributed by atoms with Gasteiger partial charge in [-0.1, -0.05) is 78.4 Å². The lowest BCUT2D eigenvalue weighted by Crippen LogP contribution is -2.26. The molecule has 0 aliphatic rings. The second-order valence-electron chi connectivity index (χ2n) is 8.35. The zero-order chi connectivity index (χ0) is 19.4. The average Bonchev–Trinajstić information content (AvgIpc) is 2.60. The molecular formula is C23H39NO2. The normalized spacial score (nSPS) is 13.6. The molecule has 148 valence electrons. The summed E-state index contributed by atoms with van der Waals surface area (Å²) in [7, 11) is 0. The van der Waals surface area contributed by atoms with Crippen LogP contribution in [0.3, 0.4) is 0 Å². The summed E-state index contributed by atoms with van der Waals surface area (Å²) in [5, 5.41) is 11.4. The maximum absolute atomic E-state index is 11.8. The van der Waals surface area contributed by atoms with Crippen LogP contribution >= 0.6 is 0 Å². The monoisotopic (exact) mass is 361 g/mol. The lowest BCUT2D eigenvalue weighted by Gasteiger charge is -2.15. The molecule has 3 heteroatoms. The Kier molecular flexibility index (Phi) is 11.3. The standard InChI is InChI=1S/C23H39NO2/c1-18(2)7-5-8-19(3)9-6-10-20(4)17-21-11-13-22(14-12-21)23(26)24-15-16-25/h11-14,18-20,25H,5-10,15-17H2,1-4H3,(H,24,26). The van der Waals surface area contributed by atoms with E-state index in [1.165, 1.54) is 44.1 Å². The Morgan fingerprint density at radius 3 is 2.08 bits per heavy atom. The third-order valence-electron chi connectivity index (χ3n) is 5.07. The van der Waals surface area contributed by atoms with Crippen molar-refractivity contribution in [3.8, 4) is 0 Å². The lowest BCUT2D eigenvalue weighted by molar-refractivity contribution is 0.0945. The van der Waals surface area contributed by atoms with E-state index in [0.29, 0.717) is 18.0 Å². The molecule has 0 bridgehead atoms. The van der Waals surface area contributed by atoms with E-state index in [2.05, 4.69) is 45.1 Å². The van der Waals surface area contributed by atoms with Gasteiger partial charge in [-0.2, -0.15) is 0 Å². The van der Waals surface area contributed by atoms with E-state index >= 15 is 0 Å². The predicted molar refractivity (Wildman–Crippen MR) is 110 cm³/mol. The molecule has 0 aromatic heterocycles. The summed E-state index contributed by atoms with van der Waals surface area (Å²) >= 11 is 0. The number of carbonyl (C=O) groups is 1. The van der Waals surface area contributed by atoms with Crippen LogP contribution in [0.2, 0.25) is 0 Å². The summed E-state index contributed by atoms with van der Waals surface area (Å²) in [5.41, 5.74) is 1.95. The van der Waals surface area contributed by atoms with Gasteiger partial charge in [-0.05, 0) is 41.9 Å². The largest absolute Gasteiger partial charge is 0.395 e. The highest BCUT2D eigenvalue weighted by Gasteiger charge is 2.09. The molecule has 2 N–H and O–H groups in total. The van der Waals surface area contributed by atoms with Crippen molar-refractivity contribution in [3.05, 3.63) is 35.4 Å². The van der Waals surface area contributed by atoms with Gasteiger partial charge in [0.25, 0.3) is 5.91 Å². The summed E-state index contributed by atoms with van der Waals surface area (Å²) in [5.74, 6) is 2.23. The Morgan fingerprint density at radius 1 is 0.923 bits per heavy atom. The van der Waals surface area contributed by atoms with Gasteiger partial charge in [0.1, 0.15) is 0 Å². The van der Waals surface area contributed by atoms with Crippen LogP contribution in [-0.2, 0) is 6.42 Å².